The Morgan fingerprint density at radius 2 is 1.78 bits per heavy atom. The van der Waals surface area contributed by atoms with Crippen LogP contribution < -0.4 is 5.73 Å². The third-order valence-corrected chi connectivity index (χ3v) is 5.51. The van der Waals surface area contributed by atoms with Gasteiger partial charge in [0.15, 0.2) is 5.82 Å². The lowest BCUT2D eigenvalue weighted by atomic mass is 10.2. The number of nitrogens with zero attached hydrogens (tertiary/aromatic N) is 3. The molecule has 23 heavy (non-hydrogen) atoms. The number of pyridine rings is 1. The maximum Gasteiger partial charge on any atom is 0.151 e. The van der Waals surface area contributed by atoms with Crippen molar-refractivity contribution in [1.82, 2.24) is 14.5 Å². The molecular formula is C18H30N4S. The highest BCUT2D eigenvalue weighted by Crippen LogP contribution is 2.26. The largest absolute Gasteiger partial charge is 0.382 e. The van der Waals surface area contributed by atoms with Gasteiger partial charge in [0.25, 0.3) is 0 Å². The molecule has 2 aromatic heterocycles. The number of fused-ring (bicyclic) bond motifs is 1. The lowest BCUT2D eigenvalue weighted by Gasteiger charge is -2.11. The Labute approximate surface area is 144 Å². The molecule has 0 bridgehead atoms. The predicted octanol–water partition coefficient (Wildman–Crippen LogP) is 4.51. The van der Waals surface area contributed by atoms with E-state index in [1.165, 1.54) is 48.3 Å². The first-order valence-corrected chi connectivity index (χ1v) is 9.95. The smallest absolute Gasteiger partial charge is 0.151 e. The van der Waals surface area contributed by atoms with Crippen LogP contribution in [0.25, 0.3) is 11.0 Å². The van der Waals surface area contributed by atoms with E-state index in [4.69, 9.17) is 10.7 Å². The van der Waals surface area contributed by atoms with E-state index >= 15 is 0 Å². The van der Waals surface area contributed by atoms with Gasteiger partial charge in [-0.15, -0.1) is 0 Å². The Balaban J connectivity index is 2.10. The first-order chi connectivity index (χ1) is 11.1. The number of nitrogens with two attached hydrogens (primary N) is 1. The van der Waals surface area contributed by atoms with Crippen LogP contribution >= 0.6 is 11.8 Å². The molecular weight excluding hydrogens is 304 g/mol. The molecule has 2 aromatic rings. The molecule has 4 nitrogen and oxygen atoms in total. The van der Waals surface area contributed by atoms with Gasteiger partial charge in [-0.1, -0.05) is 20.3 Å². The van der Waals surface area contributed by atoms with Gasteiger partial charge in [-0.25, -0.2) is 9.97 Å². The molecule has 2 rings (SSSR count). The van der Waals surface area contributed by atoms with Crippen molar-refractivity contribution >= 4 is 28.6 Å². The van der Waals surface area contributed by atoms with Gasteiger partial charge in [-0.2, -0.15) is 11.8 Å². The molecule has 128 valence electrons. The van der Waals surface area contributed by atoms with Crippen LogP contribution in [0.3, 0.4) is 0 Å². The Morgan fingerprint density at radius 1 is 1.04 bits per heavy atom. The molecule has 0 spiro atoms. The molecule has 0 amide bonds. The molecule has 0 fully saturated rings. The topological polar surface area (TPSA) is 56.7 Å². The number of aromatic nitrogens is 3. The number of hydrogen-bond acceptors (Lipinski definition) is 4. The van der Waals surface area contributed by atoms with Crippen molar-refractivity contribution in [1.29, 1.82) is 0 Å². The van der Waals surface area contributed by atoms with Crippen LogP contribution in [-0.4, -0.2) is 26.0 Å². The highest BCUT2D eigenvalue weighted by Gasteiger charge is 2.16. The van der Waals surface area contributed by atoms with E-state index < -0.39 is 0 Å². The Morgan fingerprint density at radius 3 is 2.48 bits per heavy atom. The second-order valence-corrected chi connectivity index (χ2v) is 7.34. The first-order valence-electron chi connectivity index (χ1n) is 8.79. The maximum atomic E-state index is 6.10. The number of nitrogen functional groups attached to an aromatic ring is 1. The van der Waals surface area contributed by atoms with Crippen LogP contribution in [0, 0.1) is 13.8 Å². The average molecular weight is 335 g/mol. The standard InChI is InChI=1S/C18H30N4S/c1-5-7-11-23-12-9-8-10-22-15(6-2)21-16-17(22)13(3)14(4)20-18(16)19/h5-12H2,1-4H3,(H2,19,20). The van der Waals surface area contributed by atoms with E-state index in [0.29, 0.717) is 5.82 Å². The van der Waals surface area contributed by atoms with Gasteiger partial charge in [-0.05, 0) is 50.2 Å². The average Bonchev–Trinajstić information content (AvgIpc) is 2.91. The van der Waals surface area contributed by atoms with Crippen molar-refractivity contribution < 1.29 is 0 Å². The van der Waals surface area contributed by atoms with E-state index in [-0.39, 0.29) is 0 Å². The predicted molar refractivity (Wildman–Crippen MR) is 102 cm³/mol. The second kappa shape index (κ2) is 8.57. The summed E-state index contributed by atoms with van der Waals surface area (Å²) in [6, 6.07) is 0. The zero-order chi connectivity index (χ0) is 16.8. The number of imidazole rings is 1. The molecule has 0 saturated heterocycles. The highest BCUT2D eigenvalue weighted by atomic mass is 32.2. The number of anilines is 1. The Kier molecular flexibility index (Phi) is 6.75. The van der Waals surface area contributed by atoms with E-state index in [0.717, 1.165) is 30.0 Å². The van der Waals surface area contributed by atoms with Crippen molar-refractivity contribution in [2.45, 2.75) is 66.3 Å². The Hall–Kier alpha value is -1.23. The molecule has 0 atom stereocenters. The molecule has 2 heterocycles. The molecule has 0 saturated carbocycles. The minimum atomic E-state index is 0.562. The van der Waals surface area contributed by atoms with Crippen molar-refractivity contribution in [3.8, 4) is 0 Å². The fraction of sp³-hybridized carbons (Fsp3) is 0.667. The molecule has 0 aromatic carbocycles. The van der Waals surface area contributed by atoms with Crippen LogP contribution in [0.5, 0.6) is 0 Å². The van der Waals surface area contributed by atoms with Gasteiger partial charge in [0.05, 0.1) is 5.52 Å². The summed E-state index contributed by atoms with van der Waals surface area (Å²) in [7, 11) is 0. The van der Waals surface area contributed by atoms with E-state index in [1.807, 2.05) is 6.92 Å². The number of rotatable bonds is 9. The lowest BCUT2D eigenvalue weighted by Crippen LogP contribution is -2.05. The van der Waals surface area contributed by atoms with Gasteiger partial charge in [0, 0.05) is 18.7 Å². The number of unbranched alkanes of at least 4 members (excludes halogenated alkanes) is 2. The van der Waals surface area contributed by atoms with E-state index in [9.17, 15) is 0 Å². The number of thioether (sulfide) groups is 1. The third-order valence-electron chi connectivity index (χ3n) is 4.35. The van der Waals surface area contributed by atoms with Crippen molar-refractivity contribution in [2.24, 2.45) is 0 Å². The van der Waals surface area contributed by atoms with E-state index in [2.05, 4.69) is 42.1 Å². The normalized spacial score (nSPS) is 11.5. The molecule has 0 radical (unpaired) electrons. The van der Waals surface area contributed by atoms with Crippen molar-refractivity contribution in [3.05, 3.63) is 17.1 Å². The van der Waals surface area contributed by atoms with Gasteiger partial charge in [0.1, 0.15) is 11.3 Å². The molecule has 0 aliphatic carbocycles. The summed E-state index contributed by atoms with van der Waals surface area (Å²) in [4.78, 5) is 9.17. The fourth-order valence-electron chi connectivity index (χ4n) is 2.88. The third kappa shape index (κ3) is 4.19. The zero-order valence-corrected chi connectivity index (χ0v) is 15.8. The van der Waals surface area contributed by atoms with Gasteiger partial charge in [0.2, 0.25) is 0 Å². The Bertz CT molecular complexity index is 648. The molecule has 0 aliphatic rings. The molecule has 0 unspecified atom stereocenters. The summed E-state index contributed by atoms with van der Waals surface area (Å²) in [6.07, 6.45) is 6.01. The number of hydrogen-bond donors (Lipinski definition) is 1. The minimum absolute atomic E-state index is 0.562. The molecule has 0 aliphatic heterocycles. The minimum Gasteiger partial charge on any atom is -0.382 e. The van der Waals surface area contributed by atoms with E-state index in [1.54, 1.807) is 0 Å². The van der Waals surface area contributed by atoms with Gasteiger partial charge >= 0.3 is 0 Å². The maximum absolute atomic E-state index is 6.10. The number of aryl methyl sites for hydroxylation is 4. The van der Waals surface area contributed by atoms with Crippen LogP contribution in [0.1, 0.15) is 56.6 Å². The SMILES string of the molecule is CCCCSCCCCn1c(CC)nc2c(N)nc(C)c(C)c21. The summed E-state index contributed by atoms with van der Waals surface area (Å²) in [5.74, 6) is 4.24. The lowest BCUT2D eigenvalue weighted by molar-refractivity contribution is 0.621. The second-order valence-electron chi connectivity index (χ2n) is 6.11. The highest BCUT2D eigenvalue weighted by molar-refractivity contribution is 7.99. The van der Waals surface area contributed by atoms with Crippen LogP contribution in [0.15, 0.2) is 0 Å². The molecule has 5 heteroatoms. The van der Waals surface area contributed by atoms with Gasteiger partial charge < -0.3 is 10.3 Å². The van der Waals surface area contributed by atoms with Crippen molar-refractivity contribution in [3.63, 3.8) is 0 Å². The van der Waals surface area contributed by atoms with Gasteiger partial charge in [-0.3, -0.25) is 0 Å². The van der Waals surface area contributed by atoms with Crippen molar-refractivity contribution in [2.75, 3.05) is 17.2 Å². The van der Waals surface area contributed by atoms with Crippen LogP contribution in [-0.2, 0) is 13.0 Å². The summed E-state index contributed by atoms with van der Waals surface area (Å²) in [6.45, 7) is 9.59. The van der Waals surface area contributed by atoms with Crippen LogP contribution in [0.4, 0.5) is 5.82 Å². The summed E-state index contributed by atoms with van der Waals surface area (Å²) in [5, 5.41) is 0. The van der Waals surface area contributed by atoms with Crippen LogP contribution in [0.2, 0.25) is 0 Å². The fourth-order valence-corrected chi connectivity index (χ4v) is 3.99. The quantitative estimate of drug-likeness (QED) is 0.686. The first kappa shape index (κ1) is 18.1. The summed E-state index contributed by atoms with van der Waals surface area (Å²) < 4.78 is 2.37. The molecule has 2 N–H and O–H groups in total. The monoisotopic (exact) mass is 334 g/mol. The summed E-state index contributed by atoms with van der Waals surface area (Å²) >= 11 is 2.08. The summed E-state index contributed by atoms with van der Waals surface area (Å²) in [5.41, 5.74) is 10.4. The zero-order valence-electron chi connectivity index (χ0n) is 15.0.